The summed E-state index contributed by atoms with van der Waals surface area (Å²) in [7, 11) is 0. The Kier molecular flexibility index (Phi) is 6.00. The van der Waals surface area contributed by atoms with Gasteiger partial charge < -0.3 is 10.6 Å². The SMILES string of the molecule is O=C(N[C@H](NC(=S)Nn1cnnc1)C(Cl)(Cl)Cl)c1ccccc1. The molecule has 0 saturated heterocycles. The maximum absolute atomic E-state index is 12.2. The maximum atomic E-state index is 12.2. The molecule has 0 fully saturated rings. The summed E-state index contributed by atoms with van der Waals surface area (Å²) in [6.07, 6.45) is 1.72. The molecule has 122 valence electrons. The van der Waals surface area contributed by atoms with Gasteiger partial charge in [-0.2, -0.15) is 0 Å². The van der Waals surface area contributed by atoms with Gasteiger partial charge in [-0.25, -0.2) is 4.68 Å². The number of nitrogens with zero attached hydrogens (tertiary/aromatic N) is 3. The fraction of sp³-hybridized carbons (Fsp3) is 0.167. The molecule has 0 bridgehead atoms. The van der Waals surface area contributed by atoms with Gasteiger partial charge in [0.05, 0.1) is 0 Å². The first kappa shape index (κ1) is 17.7. The molecule has 1 amide bonds. The number of benzene rings is 1. The smallest absolute Gasteiger partial charge is 0.252 e. The Hall–Kier alpha value is -1.61. The van der Waals surface area contributed by atoms with Crippen LogP contribution in [0, 0.1) is 0 Å². The molecule has 7 nitrogen and oxygen atoms in total. The van der Waals surface area contributed by atoms with Crippen molar-refractivity contribution in [2.24, 2.45) is 0 Å². The number of hydrogen-bond acceptors (Lipinski definition) is 4. The van der Waals surface area contributed by atoms with E-state index >= 15 is 0 Å². The number of amides is 1. The lowest BCUT2D eigenvalue weighted by atomic mass is 10.2. The standard InChI is InChI=1S/C12H11Cl3N6OS/c13-12(14,15)10(18-9(22)8-4-2-1-3-5-8)19-11(23)20-21-6-16-17-7-21/h1-7,10H,(H,18,22)(H2,19,20,23)/t10-/m1/s1. The van der Waals surface area contributed by atoms with Crippen LogP contribution in [0.2, 0.25) is 0 Å². The van der Waals surface area contributed by atoms with Gasteiger partial charge in [0.1, 0.15) is 18.8 Å². The van der Waals surface area contributed by atoms with Gasteiger partial charge >= 0.3 is 0 Å². The Labute approximate surface area is 152 Å². The average Bonchev–Trinajstić information content (AvgIpc) is 2.99. The molecule has 0 aliphatic rings. The molecule has 0 unspecified atom stereocenters. The number of carbonyl (C=O) groups is 1. The largest absolute Gasteiger partial charge is 0.338 e. The molecule has 11 heteroatoms. The van der Waals surface area contributed by atoms with Crippen molar-refractivity contribution in [1.29, 1.82) is 0 Å². The first-order valence-electron chi connectivity index (χ1n) is 6.21. The lowest BCUT2D eigenvalue weighted by Gasteiger charge is -2.27. The van der Waals surface area contributed by atoms with Gasteiger partial charge in [0.2, 0.25) is 3.79 Å². The van der Waals surface area contributed by atoms with E-state index in [2.05, 4.69) is 26.3 Å². The third-order valence-corrected chi connectivity index (χ3v) is 3.43. The van der Waals surface area contributed by atoms with E-state index in [9.17, 15) is 4.79 Å². The fourth-order valence-corrected chi connectivity index (χ4v) is 2.09. The van der Waals surface area contributed by atoms with Crippen LogP contribution in [-0.4, -0.2) is 35.9 Å². The highest BCUT2D eigenvalue weighted by Gasteiger charge is 2.34. The number of nitrogens with one attached hydrogen (secondary N) is 3. The second kappa shape index (κ2) is 7.78. The van der Waals surface area contributed by atoms with E-state index < -0.39 is 15.9 Å². The summed E-state index contributed by atoms with van der Waals surface area (Å²) in [6.45, 7) is 0. The van der Waals surface area contributed by atoms with E-state index in [-0.39, 0.29) is 5.11 Å². The molecule has 0 saturated carbocycles. The van der Waals surface area contributed by atoms with Crippen LogP contribution in [0.4, 0.5) is 0 Å². The first-order chi connectivity index (χ1) is 10.9. The Balaban J connectivity index is 2.02. The Morgan fingerprint density at radius 2 is 1.74 bits per heavy atom. The maximum Gasteiger partial charge on any atom is 0.252 e. The molecular weight excluding hydrogens is 383 g/mol. The van der Waals surface area contributed by atoms with Gasteiger partial charge in [-0.3, -0.25) is 10.2 Å². The lowest BCUT2D eigenvalue weighted by Crippen LogP contribution is -2.56. The van der Waals surface area contributed by atoms with Crippen LogP contribution in [0.15, 0.2) is 43.0 Å². The van der Waals surface area contributed by atoms with Crippen molar-refractivity contribution in [1.82, 2.24) is 25.5 Å². The van der Waals surface area contributed by atoms with E-state index in [1.54, 1.807) is 30.3 Å². The Bertz CT molecular complexity index is 661. The van der Waals surface area contributed by atoms with Gasteiger partial charge in [0, 0.05) is 5.56 Å². The Morgan fingerprint density at radius 1 is 1.13 bits per heavy atom. The molecule has 1 aromatic heterocycles. The van der Waals surface area contributed by atoms with Gasteiger partial charge in [0.25, 0.3) is 5.91 Å². The molecule has 0 aliphatic carbocycles. The quantitative estimate of drug-likeness (QED) is 0.417. The predicted octanol–water partition coefficient (Wildman–Crippen LogP) is 1.82. The van der Waals surface area contributed by atoms with Crippen LogP contribution in [0.3, 0.4) is 0 Å². The summed E-state index contributed by atoms with van der Waals surface area (Å²) < 4.78 is -0.437. The minimum Gasteiger partial charge on any atom is -0.338 e. The predicted molar refractivity (Wildman–Crippen MR) is 93.1 cm³/mol. The number of thiocarbonyl (C=S) groups is 1. The highest BCUT2D eigenvalue weighted by atomic mass is 35.6. The van der Waals surface area contributed by atoms with Gasteiger partial charge in [-0.05, 0) is 24.4 Å². The first-order valence-corrected chi connectivity index (χ1v) is 7.75. The molecule has 1 atom stereocenters. The number of rotatable bonds is 4. The molecule has 1 aromatic carbocycles. The minimum atomic E-state index is -1.83. The zero-order valence-corrected chi connectivity index (χ0v) is 14.5. The van der Waals surface area contributed by atoms with E-state index in [1.165, 1.54) is 17.3 Å². The Morgan fingerprint density at radius 3 is 2.30 bits per heavy atom. The van der Waals surface area contributed by atoms with Crippen molar-refractivity contribution < 1.29 is 4.79 Å². The van der Waals surface area contributed by atoms with E-state index in [1.807, 2.05) is 0 Å². The van der Waals surface area contributed by atoms with Crippen LogP contribution in [0.5, 0.6) is 0 Å². The van der Waals surface area contributed by atoms with Gasteiger partial charge in [0.15, 0.2) is 5.11 Å². The number of aromatic nitrogens is 3. The topological polar surface area (TPSA) is 83.9 Å². The van der Waals surface area contributed by atoms with E-state index in [4.69, 9.17) is 47.0 Å². The second-order valence-electron chi connectivity index (χ2n) is 4.27. The van der Waals surface area contributed by atoms with Crippen molar-refractivity contribution in [3.05, 3.63) is 48.5 Å². The third-order valence-electron chi connectivity index (χ3n) is 2.56. The molecule has 0 radical (unpaired) electrons. The van der Waals surface area contributed by atoms with Gasteiger partial charge in [-0.1, -0.05) is 53.0 Å². The minimum absolute atomic E-state index is 0.106. The molecule has 0 spiro atoms. The fourth-order valence-electron chi connectivity index (χ4n) is 1.54. The van der Waals surface area contributed by atoms with Crippen molar-refractivity contribution in [2.45, 2.75) is 9.96 Å². The second-order valence-corrected chi connectivity index (χ2v) is 7.05. The van der Waals surface area contributed by atoms with Crippen molar-refractivity contribution >= 4 is 58.0 Å². The highest BCUT2D eigenvalue weighted by Crippen LogP contribution is 2.29. The molecule has 0 aliphatic heterocycles. The van der Waals surface area contributed by atoms with Crippen LogP contribution >= 0.6 is 47.0 Å². The zero-order valence-electron chi connectivity index (χ0n) is 11.4. The monoisotopic (exact) mass is 392 g/mol. The molecule has 2 rings (SSSR count). The summed E-state index contributed by atoms with van der Waals surface area (Å²) in [5.74, 6) is -0.415. The molecule has 23 heavy (non-hydrogen) atoms. The molecule has 3 N–H and O–H groups in total. The normalized spacial score (nSPS) is 12.3. The van der Waals surface area contributed by atoms with Crippen LogP contribution in [0.25, 0.3) is 0 Å². The number of alkyl halides is 3. The van der Waals surface area contributed by atoms with E-state index in [0.29, 0.717) is 5.56 Å². The van der Waals surface area contributed by atoms with Crippen LogP contribution < -0.4 is 16.1 Å². The van der Waals surface area contributed by atoms with Crippen LogP contribution in [-0.2, 0) is 0 Å². The number of hydrogen-bond donors (Lipinski definition) is 3. The lowest BCUT2D eigenvalue weighted by molar-refractivity contribution is 0.0934. The summed E-state index contributed by atoms with van der Waals surface area (Å²) in [6, 6.07) is 8.52. The molecular formula is C12H11Cl3N6OS. The van der Waals surface area contributed by atoms with Crippen molar-refractivity contribution in [3.8, 4) is 0 Å². The van der Waals surface area contributed by atoms with Gasteiger partial charge in [-0.15, -0.1) is 10.2 Å². The summed E-state index contributed by atoms with van der Waals surface area (Å²) in [5, 5.41) is 12.6. The molecule has 1 heterocycles. The third kappa shape index (κ3) is 5.51. The summed E-state index contributed by atoms with van der Waals surface area (Å²) in [5.41, 5.74) is 3.14. The van der Waals surface area contributed by atoms with E-state index in [0.717, 1.165) is 0 Å². The number of carbonyl (C=O) groups excluding carboxylic acids is 1. The van der Waals surface area contributed by atoms with Crippen LogP contribution in [0.1, 0.15) is 10.4 Å². The van der Waals surface area contributed by atoms with Crippen molar-refractivity contribution in [3.63, 3.8) is 0 Å². The summed E-state index contributed by atoms with van der Waals surface area (Å²) >= 11 is 22.8. The van der Waals surface area contributed by atoms with Crippen molar-refractivity contribution in [2.75, 3.05) is 5.43 Å². The highest BCUT2D eigenvalue weighted by molar-refractivity contribution is 7.80. The summed E-state index contributed by atoms with van der Waals surface area (Å²) in [4.78, 5) is 12.2. The molecule has 2 aromatic rings. The average molecular weight is 394 g/mol. The zero-order chi connectivity index (χ0) is 16.9. The number of halogens is 3.